The summed E-state index contributed by atoms with van der Waals surface area (Å²) >= 11 is 1.56. The maximum atomic E-state index is 12.7. The standard InChI is InChI=1S/C14H26N2O2S2/c1-6-8-11(3)16(5)20(17,18)14-9-13(10-15-7-2)19-12(14)4/h9,11,15H,6-8,10H2,1-5H3. The van der Waals surface area contributed by atoms with Crippen LogP contribution in [0.5, 0.6) is 0 Å². The summed E-state index contributed by atoms with van der Waals surface area (Å²) in [4.78, 5) is 2.40. The summed E-state index contributed by atoms with van der Waals surface area (Å²) in [6.07, 6.45) is 1.86. The van der Waals surface area contributed by atoms with Crippen LogP contribution in [0, 0.1) is 6.92 Å². The summed E-state index contributed by atoms with van der Waals surface area (Å²) in [5, 5.41) is 3.23. The fraction of sp³-hybridized carbons (Fsp3) is 0.714. The van der Waals surface area contributed by atoms with Crippen LogP contribution < -0.4 is 5.32 Å². The smallest absolute Gasteiger partial charge is 0.244 e. The molecule has 1 aromatic heterocycles. The Kier molecular flexibility index (Phi) is 6.64. The summed E-state index contributed by atoms with van der Waals surface area (Å²) in [5.74, 6) is 0. The molecule has 0 amide bonds. The molecular weight excluding hydrogens is 292 g/mol. The van der Waals surface area contributed by atoms with Gasteiger partial charge in [-0.05, 0) is 32.9 Å². The highest BCUT2D eigenvalue weighted by molar-refractivity contribution is 7.89. The molecule has 0 radical (unpaired) electrons. The Morgan fingerprint density at radius 3 is 2.60 bits per heavy atom. The van der Waals surface area contributed by atoms with Gasteiger partial charge in [-0.2, -0.15) is 4.31 Å². The van der Waals surface area contributed by atoms with Crippen LogP contribution in [0.1, 0.15) is 43.4 Å². The Hall–Kier alpha value is -0.430. The molecule has 4 nitrogen and oxygen atoms in total. The molecule has 1 unspecified atom stereocenters. The molecule has 0 aliphatic rings. The zero-order valence-corrected chi connectivity index (χ0v) is 14.7. The van der Waals surface area contributed by atoms with Gasteiger partial charge in [-0.25, -0.2) is 8.42 Å². The van der Waals surface area contributed by atoms with E-state index in [-0.39, 0.29) is 6.04 Å². The number of sulfonamides is 1. The minimum Gasteiger partial charge on any atom is -0.312 e. The van der Waals surface area contributed by atoms with Crippen LogP contribution in [0.15, 0.2) is 11.0 Å². The average Bonchev–Trinajstić information content (AvgIpc) is 2.77. The largest absolute Gasteiger partial charge is 0.312 e. The van der Waals surface area contributed by atoms with Crippen molar-refractivity contribution in [2.75, 3.05) is 13.6 Å². The van der Waals surface area contributed by atoms with E-state index < -0.39 is 10.0 Å². The van der Waals surface area contributed by atoms with Gasteiger partial charge in [-0.15, -0.1) is 11.3 Å². The third-order valence-corrected chi connectivity index (χ3v) is 6.73. The van der Waals surface area contributed by atoms with E-state index in [0.29, 0.717) is 4.90 Å². The number of aryl methyl sites for hydroxylation is 1. The number of nitrogens with one attached hydrogen (secondary N) is 1. The molecule has 6 heteroatoms. The Bertz CT molecular complexity index is 523. The fourth-order valence-electron chi connectivity index (χ4n) is 2.11. The van der Waals surface area contributed by atoms with Crippen LogP contribution in [-0.4, -0.2) is 32.4 Å². The second-order valence-corrected chi connectivity index (χ2v) is 8.38. The monoisotopic (exact) mass is 318 g/mol. The number of rotatable bonds is 8. The quantitative estimate of drug-likeness (QED) is 0.801. The van der Waals surface area contributed by atoms with Crippen molar-refractivity contribution in [3.63, 3.8) is 0 Å². The zero-order chi connectivity index (χ0) is 15.3. The summed E-state index contributed by atoms with van der Waals surface area (Å²) in [7, 11) is -1.70. The summed E-state index contributed by atoms with van der Waals surface area (Å²) in [6.45, 7) is 9.56. The first kappa shape index (κ1) is 17.6. The van der Waals surface area contributed by atoms with Crippen molar-refractivity contribution in [1.82, 2.24) is 9.62 Å². The number of thiophene rings is 1. The Balaban J connectivity index is 3.00. The third kappa shape index (κ3) is 4.04. The molecule has 1 atom stereocenters. The molecule has 0 fully saturated rings. The van der Waals surface area contributed by atoms with Crippen molar-refractivity contribution in [1.29, 1.82) is 0 Å². The highest BCUT2D eigenvalue weighted by Gasteiger charge is 2.27. The molecule has 20 heavy (non-hydrogen) atoms. The van der Waals surface area contributed by atoms with Gasteiger partial charge in [0.05, 0.1) is 4.90 Å². The van der Waals surface area contributed by atoms with Crippen LogP contribution >= 0.6 is 11.3 Å². The molecule has 0 spiro atoms. The van der Waals surface area contributed by atoms with E-state index in [4.69, 9.17) is 0 Å². The average molecular weight is 319 g/mol. The highest BCUT2D eigenvalue weighted by Crippen LogP contribution is 2.29. The zero-order valence-electron chi connectivity index (χ0n) is 13.1. The first-order valence-electron chi connectivity index (χ1n) is 7.12. The van der Waals surface area contributed by atoms with Gasteiger partial charge >= 0.3 is 0 Å². The molecule has 1 aromatic rings. The van der Waals surface area contributed by atoms with E-state index in [0.717, 1.165) is 35.7 Å². The lowest BCUT2D eigenvalue weighted by Gasteiger charge is -2.23. The molecule has 1 rings (SSSR count). The van der Waals surface area contributed by atoms with Gasteiger partial charge in [0.25, 0.3) is 0 Å². The molecule has 1 N–H and O–H groups in total. The van der Waals surface area contributed by atoms with Gasteiger partial charge < -0.3 is 5.32 Å². The van der Waals surface area contributed by atoms with Gasteiger partial charge in [0.1, 0.15) is 0 Å². The number of hydrogen-bond acceptors (Lipinski definition) is 4. The van der Waals surface area contributed by atoms with E-state index in [1.807, 2.05) is 26.8 Å². The minimum atomic E-state index is -3.38. The normalized spacial score (nSPS) is 13.9. The molecule has 0 bridgehead atoms. The lowest BCUT2D eigenvalue weighted by molar-refractivity contribution is 0.368. The van der Waals surface area contributed by atoms with Crippen LogP contribution in [0.4, 0.5) is 0 Å². The van der Waals surface area contributed by atoms with Gasteiger partial charge in [0, 0.05) is 29.4 Å². The lowest BCUT2D eigenvalue weighted by Crippen LogP contribution is -2.35. The Morgan fingerprint density at radius 1 is 1.40 bits per heavy atom. The summed E-state index contributed by atoms with van der Waals surface area (Å²) in [5.41, 5.74) is 0. The van der Waals surface area contributed by atoms with Gasteiger partial charge in [0.2, 0.25) is 10.0 Å². The molecule has 0 aliphatic carbocycles. The van der Waals surface area contributed by atoms with Crippen molar-refractivity contribution in [3.8, 4) is 0 Å². The van der Waals surface area contributed by atoms with Gasteiger partial charge in [0.15, 0.2) is 0 Å². The van der Waals surface area contributed by atoms with Crippen molar-refractivity contribution in [2.24, 2.45) is 0 Å². The maximum absolute atomic E-state index is 12.7. The van der Waals surface area contributed by atoms with Crippen LogP contribution in [-0.2, 0) is 16.6 Å². The summed E-state index contributed by atoms with van der Waals surface area (Å²) in [6, 6.07) is 1.84. The van der Waals surface area contributed by atoms with Crippen LogP contribution in [0.2, 0.25) is 0 Å². The molecule has 0 saturated carbocycles. The van der Waals surface area contributed by atoms with Crippen molar-refractivity contribution in [2.45, 2.75) is 58.0 Å². The minimum absolute atomic E-state index is 0.0292. The molecular formula is C14H26N2O2S2. The summed E-state index contributed by atoms with van der Waals surface area (Å²) < 4.78 is 26.8. The second kappa shape index (κ2) is 7.54. The van der Waals surface area contributed by atoms with Crippen LogP contribution in [0.3, 0.4) is 0 Å². The van der Waals surface area contributed by atoms with E-state index in [1.165, 1.54) is 4.31 Å². The fourth-order valence-corrected chi connectivity index (χ4v) is 5.07. The SMILES string of the molecule is CCCC(C)N(C)S(=O)(=O)c1cc(CNCC)sc1C. The maximum Gasteiger partial charge on any atom is 0.244 e. The van der Waals surface area contributed by atoms with Crippen molar-refractivity contribution in [3.05, 3.63) is 15.8 Å². The number of hydrogen-bond donors (Lipinski definition) is 1. The second-order valence-electron chi connectivity index (χ2n) is 5.07. The first-order valence-corrected chi connectivity index (χ1v) is 9.38. The van der Waals surface area contributed by atoms with Gasteiger partial charge in [-0.1, -0.05) is 20.3 Å². The molecule has 1 heterocycles. The number of nitrogens with zero attached hydrogens (tertiary/aromatic N) is 1. The van der Waals surface area contributed by atoms with Crippen LogP contribution in [0.25, 0.3) is 0 Å². The molecule has 0 aliphatic heterocycles. The predicted molar refractivity (Wildman–Crippen MR) is 85.8 cm³/mol. The van der Waals surface area contributed by atoms with Gasteiger partial charge in [-0.3, -0.25) is 0 Å². The molecule has 0 saturated heterocycles. The lowest BCUT2D eigenvalue weighted by atomic mass is 10.2. The Labute approximate surface area is 127 Å². The van der Waals surface area contributed by atoms with E-state index in [2.05, 4.69) is 12.2 Å². The third-order valence-electron chi connectivity index (χ3n) is 3.46. The van der Waals surface area contributed by atoms with Crippen molar-refractivity contribution >= 4 is 21.4 Å². The van der Waals surface area contributed by atoms with E-state index in [1.54, 1.807) is 18.4 Å². The molecule has 116 valence electrons. The topological polar surface area (TPSA) is 49.4 Å². The first-order chi connectivity index (χ1) is 9.34. The highest BCUT2D eigenvalue weighted by atomic mass is 32.2. The predicted octanol–water partition coefficient (Wildman–Crippen LogP) is 2.98. The Morgan fingerprint density at radius 2 is 2.05 bits per heavy atom. The van der Waals surface area contributed by atoms with E-state index in [9.17, 15) is 8.42 Å². The van der Waals surface area contributed by atoms with E-state index >= 15 is 0 Å². The van der Waals surface area contributed by atoms with Crippen molar-refractivity contribution < 1.29 is 8.42 Å². The molecule has 0 aromatic carbocycles.